The van der Waals surface area contributed by atoms with E-state index in [2.05, 4.69) is 5.32 Å². The number of rotatable bonds is 7. The molecule has 0 fully saturated rings. The summed E-state index contributed by atoms with van der Waals surface area (Å²) >= 11 is 5.48. The van der Waals surface area contributed by atoms with Gasteiger partial charge in [-0.25, -0.2) is 0 Å². The standard InChI is InChI=1S/C14H20ClNO2/c1-11-4-5-12(2)13(10-11)14(17)16-7-3-8-18-9-6-15/h4-5,10H,3,6-9H2,1-2H3,(H,16,17). The number of hydrogen-bond donors (Lipinski definition) is 1. The molecule has 1 aromatic carbocycles. The van der Waals surface area contributed by atoms with Crippen molar-refractivity contribution in [3.05, 3.63) is 34.9 Å². The summed E-state index contributed by atoms with van der Waals surface area (Å²) in [6.07, 6.45) is 0.799. The molecule has 0 saturated carbocycles. The summed E-state index contributed by atoms with van der Waals surface area (Å²) < 4.78 is 5.23. The molecule has 3 nitrogen and oxygen atoms in total. The van der Waals surface area contributed by atoms with Crippen molar-refractivity contribution < 1.29 is 9.53 Å². The zero-order chi connectivity index (χ0) is 13.4. The van der Waals surface area contributed by atoms with Crippen LogP contribution in [0.1, 0.15) is 27.9 Å². The van der Waals surface area contributed by atoms with Crippen LogP contribution in [0.5, 0.6) is 0 Å². The topological polar surface area (TPSA) is 38.3 Å². The highest BCUT2D eigenvalue weighted by molar-refractivity contribution is 6.17. The average molecular weight is 270 g/mol. The van der Waals surface area contributed by atoms with Gasteiger partial charge in [-0.15, -0.1) is 11.6 Å². The highest BCUT2D eigenvalue weighted by Crippen LogP contribution is 2.10. The second-order valence-electron chi connectivity index (χ2n) is 4.23. The third-order valence-electron chi connectivity index (χ3n) is 2.61. The van der Waals surface area contributed by atoms with Crippen LogP contribution in [0.15, 0.2) is 18.2 Å². The van der Waals surface area contributed by atoms with Crippen molar-refractivity contribution in [1.29, 1.82) is 0 Å². The number of hydrogen-bond acceptors (Lipinski definition) is 2. The van der Waals surface area contributed by atoms with Crippen LogP contribution in [0, 0.1) is 13.8 Å². The summed E-state index contributed by atoms with van der Waals surface area (Å²) in [6, 6.07) is 5.88. The van der Waals surface area contributed by atoms with Crippen molar-refractivity contribution in [3.8, 4) is 0 Å². The van der Waals surface area contributed by atoms with Crippen molar-refractivity contribution in [1.82, 2.24) is 5.32 Å². The van der Waals surface area contributed by atoms with Gasteiger partial charge in [0.1, 0.15) is 0 Å². The molecule has 1 aromatic rings. The molecule has 0 bridgehead atoms. The predicted molar refractivity (Wildman–Crippen MR) is 74.4 cm³/mol. The molecule has 0 radical (unpaired) electrons. The normalized spacial score (nSPS) is 10.4. The van der Waals surface area contributed by atoms with E-state index in [4.69, 9.17) is 16.3 Å². The molecular formula is C14H20ClNO2. The number of amides is 1. The molecule has 4 heteroatoms. The minimum absolute atomic E-state index is 0.0199. The van der Waals surface area contributed by atoms with Gasteiger partial charge < -0.3 is 10.1 Å². The van der Waals surface area contributed by atoms with E-state index in [-0.39, 0.29) is 5.91 Å². The van der Waals surface area contributed by atoms with Gasteiger partial charge in [0.25, 0.3) is 5.91 Å². The lowest BCUT2D eigenvalue weighted by molar-refractivity contribution is 0.0944. The van der Waals surface area contributed by atoms with Gasteiger partial charge in [-0.1, -0.05) is 17.7 Å². The number of alkyl halides is 1. The Labute approximate surface area is 113 Å². The van der Waals surface area contributed by atoms with Crippen molar-refractivity contribution in [2.75, 3.05) is 25.6 Å². The summed E-state index contributed by atoms with van der Waals surface area (Å²) in [7, 11) is 0. The monoisotopic (exact) mass is 269 g/mol. The number of nitrogens with one attached hydrogen (secondary N) is 1. The second-order valence-corrected chi connectivity index (χ2v) is 4.61. The number of benzene rings is 1. The SMILES string of the molecule is Cc1ccc(C)c(C(=O)NCCCOCCCl)c1. The Balaban J connectivity index is 2.34. The Bertz CT molecular complexity index is 393. The van der Waals surface area contributed by atoms with Gasteiger partial charge in [-0.2, -0.15) is 0 Å². The van der Waals surface area contributed by atoms with Crippen LogP contribution in [-0.2, 0) is 4.74 Å². The third kappa shape index (κ3) is 5.07. The Morgan fingerprint density at radius 1 is 1.33 bits per heavy atom. The highest BCUT2D eigenvalue weighted by atomic mass is 35.5. The molecule has 100 valence electrons. The van der Waals surface area contributed by atoms with Gasteiger partial charge in [0, 0.05) is 24.6 Å². The fourth-order valence-corrected chi connectivity index (χ4v) is 1.72. The Morgan fingerprint density at radius 3 is 2.83 bits per heavy atom. The molecular weight excluding hydrogens is 250 g/mol. The molecule has 0 aliphatic carbocycles. The summed E-state index contributed by atoms with van der Waals surface area (Å²) in [5.41, 5.74) is 2.84. The van der Waals surface area contributed by atoms with Gasteiger partial charge in [-0.3, -0.25) is 4.79 Å². The first-order valence-electron chi connectivity index (χ1n) is 6.14. The lowest BCUT2D eigenvalue weighted by Gasteiger charge is -2.08. The lowest BCUT2D eigenvalue weighted by atomic mass is 10.1. The smallest absolute Gasteiger partial charge is 0.251 e. The molecule has 0 heterocycles. The van der Waals surface area contributed by atoms with Crippen molar-refractivity contribution in [2.45, 2.75) is 20.3 Å². The average Bonchev–Trinajstić information content (AvgIpc) is 2.36. The maximum absolute atomic E-state index is 11.9. The first-order valence-corrected chi connectivity index (χ1v) is 6.67. The predicted octanol–water partition coefficient (Wildman–Crippen LogP) is 2.68. The van der Waals surface area contributed by atoms with Gasteiger partial charge in [0.05, 0.1) is 6.61 Å². The van der Waals surface area contributed by atoms with E-state index in [0.717, 1.165) is 23.1 Å². The Hall–Kier alpha value is -1.06. The van der Waals surface area contributed by atoms with Crippen LogP contribution in [0.2, 0.25) is 0 Å². The first-order chi connectivity index (χ1) is 8.65. The quantitative estimate of drug-likeness (QED) is 0.611. The van der Waals surface area contributed by atoms with Crippen molar-refractivity contribution in [3.63, 3.8) is 0 Å². The number of carbonyl (C=O) groups excluding carboxylic acids is 1. The van der Waals surface area contributed by atoms with E-state index in [1.165, 1.54) is 0 Å². The van der Waals surface area contributed by atoms with Crippen LogP contribution in [-0.4, -0.2) is 31.5 Å². The summed E-state index contributed by atoms with van der Waals surface area (Å²) in [6.45, 7) is 5.73. The maximum Gasteiger partial charge on any atom is 0.251 e. The van der Waals surface area contributed by atoms with E-state index >= 15 is 0 Å². The highest BCUT2D eigenvalue weighted by Gasteiger charge is 2.07. The molecule has 0 spiro atoms. The fraction of sp³-hybridized carbons (Fsp3) is 0.500. The lowest BCUT2D eigenvalue weighted by Crippen LogP contribution is -2.26. The van der Waals surface area contributed by atoms with Crippen LogP contribution in [0.3, 0.4) is 0 Å². The van der Waals surface area contributed by atoms with Crippen LogP contribution in [0.4, 0.5) is 0 Å². The van der Waals surface area contributed by atoms with Gasteiger partial charge >= 0.3 is 0 Å². The molecule has 1 rings (SSSR count). The molecule has 0 aliphatic heterocycles. The molecule has 0 aliphatic rings. The molecule has 1 N–H and O–H groups in total. The van der Waals surface area contributed by atoms with E-state index in [1.807, 2.05) is 32.0 Å². The van der Waals surface area contributed by atoms with Crippen molar-refractivity contribution in [2.24, 2.45) is 0 Å². The molecule has 0 saturated heterocycles. The fourth-order valence-electron chi connectivity index (χ4n) is 1.61. The van der Waals surface area contributed by atoms with Crippen LogP contribution >= 0.6 is 11.6 Å². The van der Waals surface area contributed by atoms with E-state index in [0.29, 0.717) is 25.6 Å². The first kappa shape index (κ1) is 15.0. The van der Waals surface area contributed by atoms with Gasteiger partial charge in [0.2, 0.25) is 0 Å². The van der Waals surface area contributed by atoms with Crippen LogP contribution < -0.4 is 5.32 Å². The van der Waals surface area contributed by atoms with Crippen LogP contribution in [0.25, 0.3) is 0 Å². The number of aryl methyl sites for hydroxylation is 2. The molecule has 0 aromatic heterocycles. The largest absolute Gasteiger partial charge is 0.380 e. The van der Waals surface area contributed by atoms with Gasteiger partial charge in [-0.05, 0) is 31.9 Å². The maximum atomic E-state index is 11.9. The number of carbonyl (C=O) groups is 1. The summed E-state index contributed by atoms with van der Waals surface area (Å²) in [4.78, 5) is 11.9. The van der Waals surface area contributed by atoms with Gasteiger partial charge in [0.15, 0.2) is 0 Å². The molecule has 18 heavy (non-hydrogen) atoms. The third-order valence-corrected chi connectivity index (χ3v) is 2.76. The summed E-state index contributed by atoms with van der Waals surface area (Å²) in [5.74, 6) is 0.489. The molecule has 0 unspecified atom stereocenters. The Kier molecular flexibility index (Phi) is 6.76. The van der Waals surface area contributed by atoms with E-state index in [1.54, 1.807) is 0 Å². The zero-order valence-electron chi connectivity index (χ0n) is 11.0. The minimum Gasteiger partial charge on any atom is -0.380 e. The Morgan fingerprint density at radius 2 is 2.11 bits per heavy atom. The summed E-state index contributed by atoms with van der Waals surface area (Å²) in [5, 5.41) is 2.89. The molecule has 0 atom stereocenters. The zero-order valence-corrected chi connectivity index (χ0v) is 11.7. The van der Waals surface area contributed by atoms with E-state index in [9.17, 15) is 4.79 Å². The number of halogens is 1. The minimum atomic E-state index is -0.0199. The van der Waals surface area contributed by atoms with Crippen molar-refractivity contribution >= 4 is 17.5 Å². The number of ether oxygens (including phenoxy) is 1. The second kappa shape index (κ2) is 8.11. The molecule has 1 amide bonds. The van der Waals surface area contributed by atoms with E-state index < -0.39 is 0 Å².